The van der Waals surface area contributed by atoms with Crippen LogP contribution in [-0.4, -0.2) is 23.3 Å². The number of nitrogens with zero attached hydrogens (tertiary/aromatic N) is 1. The number of rotatable bonds is 5. The van der Waals surface area contributed by atoms with Gasteiger partial charge in [-0.3, -0.25) is 4.79 Å². The van der Waals surface area contributed by atoms with E-state index in [9.17, 15) is 9.59 Å². The van der Waals surface area contributed by atoms with E-state index in [-0.39, 0.29) is 10.6 Å². The SMILES string of the molecule is O=C(COC(=O)c1cc(-c2cccs2)nc2ccccc12)c1cc(Cl)ccc1Cl. The Kier molecular flexibility index (Phi) is 5.62. The van der Waals surface area contributed by atoms with Crippen LogP contribution in [0, 0.1) is 0 Å². The molecule has 2 aromatic carbocycles. The van der Waals surface area contributed by atoms with Gasteiger partial charge < -0.3 is 4.74 Å². The van der Waals surface area contributed by atoms with Gasteiger partial charge in [-0.1, -0.05) is 47.5 Å². The van der Waals surface area contributed by atoms with Crippen molar-refractivity contribution in [2.45, 2.75) is 0 Å². The molecule has 4 aromatic rings. The van der Waals surface area contributed by atoms with Crippen molar-refractivity contribution in [1.29, 1.82) is 0 Å². The van der Waals surface area contributed by atoms with Gasteiger partial charge in [0.05, 0.1) is 26.7 Å². The van der Waals surface area contributed by atoms with Crippen LogP contribution < -0.4 is 0 Å². The molecular formula is C22H13Cl2NO3S. The number of carbonyl (C=O) groups is 2. The van der Waals surface area contributed by atoms with Crippen LogP contribution in [-0.2, 0) is 4.74 Å². The Hall–Kier alpha value is -2.73. The van der Waals surface area contributed by atoms with Gasteiger partial charge in [0.2, 0.25) is 5.78 Å². The average Bonchev–Trinajstić information content (AvgIpc) is 3.27. The quantitative estimate of drug-likeness (QED) is 0.269. The summed E-state index contributed by atoms with van der Waals surface area (Å²) in [7, 11) is 0. The highest BCUT2D eigenvalue weighted by atomic mass is 35.5. The summed E-state index contributed by atoms with van der Waals surface area (Å²) in [6.45, 7) is -0.441. The molecule has 0 aliphatic rings. The number of Topliss-reactive ketones (excluding diaryl/α,β-unsaturated/α-hetero) is 1. The van der Waals surface area contributed by atoms with E-state index in [1.54, 1.807) is 18.2 Å². The van der Waals surface area contributed by atoms with Crippen LogP contribution in [0.4, 0.5) is 0 Å². The molecule has 0 amide bonds. The maximum absolute atomic E-state index is 12.8. The molecule has 4 rings (SSSR count). The predicted molar refractivity (Wildman–Crippen MR) is 116 cm³/mol. The second-order valence-corrected chi connectivity index (χ2v) is 7.96. The number of hydrogen-bond acceptors (Lipinski definition) is 5. The number of esters is 1. The fourth-order valence-corrected chi connectivity index (χ4v) is 3.97. The molecule has 0 atom stereocenters. The van der Waals surface area contributed by atoms with Crippen LogP contribution in [0.3, 0.4) is 0 Å². The van der Waals surface area contributed by atoms with Gasteiger partial charge >= 0.3 is 5.97 Å². The van der Waals surface area contributed by atoms with Crippen molar-refractivity contribution in [3.63, 3.8) is 0 Å². The Labute approximate surface area is 180 Å². The van der Waals surface area contributed by atoms with E-state index in [1.807, 2.05) is 35.7 Å². The van der Waals surface area contributed by atoms with Crippen LogP contribution in [0.25, 0.3) is 21.5 Å². The zero-order chi connectivity index (χ0) is 20.4. The van der Waals surface area contributed by atoms with Gasteiger partial charge in [0.15, 0.2) is 6.61 Å². The van der Waals surface area contributed by atoms with Gasteiger partial charge in [0, 0.05) is 16.0 Å². The van der Waals surface area contributed by atoms with Crippen molar-refractivity contribution >= 4 is 57.2 Å². The third-order valence-electron chi connectivity index (χ3n) is 4.27. The number of hydrogen-bond donors (Lipinski definition) is 0. The predicted octanol–water partition coefficient (Wildman–Crippen LogP) is 6.31. The molecule has 0 saturated heterocycles. The highest BCUT2D eigenvalue weighted by Crippen LogP contribution is 2.28. The molecule has 7 heteroatoms. The second kappa shape index (κ2) is 8.33. The van der Waals surface area contributed by atoms with Gasteiger partial charge in [-0.25, -0.2) is 9.78 Å². The molecule has 0 spiro atoms. The van der Waals surface area contributed by atoms with E-state index >= 15 is 0 Å². The lowest BCUT2D eigenvalue weighted by molar-refractivity contribution is 0.0476. The lowest BCUT2D eigenvalue weighted by Crippen LogP contribution is -2.15. The summed E-state index contributed by atoms with van der Waals surface area (Å²) in [5.41, 5.74) is 1.92. The molecular weight excluding hydrogens is 429 g/mol. The standard InChI is InChI=1S/C22H13Cl2NO3S/c23-13-7-8-17(24)16(10-13)20(26)12-28-22(27)15-11-19(21-6-3-9-29-21)25-18-5-2-1-4-14(15)18/h1-11H,12H2. The Morgan fingerprint density at radius 1 is 0.966 bits per heavy atom. The Morgan fingerprint density at radius 2 is 1.79 bits per heavy atom. The topological polar surface area (TPSA) is 56.3 Å². The Balaban J connectivity index is 1.63. The summed E-state index contributed by atoms with van der Waals surface area (Å²) < 4.78 is 5.31. The van der Waals surface area contributed by atoms with Crippen LogP contribution in [0.5, 0.6) is 0 Å². The van der Waals surface area contributed by atoms with Crippen molar-refractivity contribution in [3.8, 4) is 10.6 Å². The molecule has 4 nitrogen and oxygen atoms in total. The third kappa shape index (κ3) is 4.17. The van der Waals surface area contributed by atoms with Gasteiger partial charge in [-0.05, 0) is 41.8 Å². The molecule has 2 aromatic heterocycles. The summed E-state index contributed by atoms with van der Waals surface area (Å²) in [6.07, 6.45) is 0. The molecule has 0 aliphatic heterocycles. The fourth-order valence-electron chi connectivity index (χ4n) is 2.89. The molecule has 0 radical (unpaired) electrons. The van der Waals surface area contributed by atoms with Crippen LogP contribution >= 0.6 is 34.5 Å². The zero-order valence-electron chi connectivity index (χ0n) is 14.9. The number of benzene rings is 2. The van der Waals surface area contributed by atoms with E-state index in [0.717, 1.165) is 4.88 Å². The first-order valence-corrected chi connectivity index (χ1v) is 10.3. The minimum absolute atomic E-state index is 0.214. The number of ether oxygens (including phenoxy) is 1. The number of aromatic nitrogens is 1. The molecule has 2 heterocycles. The molecule has 0 saturated carbocycles. The first kappa shape index (κ1) is 19.6. The summed E-state index contributed by atoms with van der Waals surface area (Å²) in [5, 5.41) is 3.23. The van der Waals surface area contributed by atoms with Crippen molar-refractivity contribution in [3.05, 3.63) is 87.2 Å². The first-order valence-electron chi connectivity index (χ1n) is 8.62. The second-order valence-electron chi connectivity index (χ2n) is 6.17. The van der Waals surface area contributed by atoms with Crippen molar-refractivity contribution in [1.82, 2.24) is 4.98 Å². The van der Waals surface area contributed by atoms with Crippen molar-refractivity contribution < 1.29 is 14.3 Å². The van der Waals surface area contributed by atoms with Crippen molar-refractivity contribution in [2.24, 2.45) is 0 Å². The molecule has 0 unspecified atom stereocenters. The smallest absolute Gasteiger partial charge is 0.339 e. The van der Waals surface area contributed by atoms with Gasteiger partial charge in [-0.2, -0.15) is 0 Å². The molecule has 0 N–H and O–H groups in total. The monoisotopic (exact) mass is 441 g/mol. The fraction of sp³-hybridized carbons (Fsp3) is 0.0455. The first-order chi connectivity index (χ1) is 14.0. The minimum Gasteiger partial charge on any atom is -0.454 e. The normalized spacial score (nSPS) is 10.8. The number of thiophene rings is 1. The van der Waals surface area contributed by atoms with Gasteiger partial charge in [0.1, 0.15) is 0 Å². The molecule has 0 fully saturated rings. The van der Waals surface area contributed by atoms with Gasteiger partial charge in [0.25, 0.3) is 0 Å². The number of ketones is 1. The number of carbonyl (C=O) groups excluding carboxylic acids is 2. The Bertz CT molecular complexity index is 1220. The maximum atomic E-state index is 12.8. The number of fused-ring (bicyclic) bond motifs is 1. The molecule has 0 aliphatic carbocycles. The largest absolute Gasteiger partial charge is 0.454 e. The number of halogens is 2. The van der Waals surface area contributed by atoms with E-state index in [1.165, 1.54) is 23.5 Å². The summed E-state index contributed by atoms with van der Waals surface area (Å²) in [6, 6.07) is 17.4. The van der Waals surface area contributed by atoms with E-state index in [2.05, 4.69) is 4.98 Å². The highest BCUT2D eigenvalue weighted by Gasteiger charge is 2.18. The summed E-state index contributed by atoms with van der Waals surface area (Å²) in [5.74, 6) is -1.03. The minimum atomic E-state index is -0.604. The van der Waals surface area contributed by atoms with Crippen LogP contribution in [0.15, 0.2) is 66.0 Å². The number of pyridine rings is 1. The lowest BCUT2D eigenvalue weighted by Gasteiger charge is -2.10. The van der Waals surface area contributed by atoms with E-state index in [4.69, 9.17) is 27.9 Å². The molecule has 0 bridgehead atoms. The lowest BCUT2D eigenvalue weighted by atomic mass is 10.1. The molecule has 29 heavy (non-hydrogen) atoms. The highest BCUT2D eigenvalue weighted by molar-refractivity contribution is 7.13. The van der Waals surface area contributed by atoms with E-state index in [0.29, 0.717) is 27.2 Å². The maximum Gasteiger partial charge on any atom is 0.339 e. The molecule has 144 valence electrons. The summed E-state index contributed by atoms with van der Waals surface area (Å²) >= 11 is 13.5. The average molecular weight is 442 g/mol. The number of para-hydroxylation sites is 1. The van der Waals surface area contributed by atoms with Crippen molar-refractivity contribution in [2.75, 3.05) is 6.61 Å². The zero-order valence-corrected chi connectivity index (χ0v) is 17.2. The summed E-state index contributed by atoms with van der Waals surface area (Å²) in [4.78, 5) is 30.8. The third-order valence-corrected chi connectivity index (χ3v) is 5.73. The Morgan fingerprint density at radius 3 is 2.59 bits per heavy atom. The van der Waals surface area contributed by atoms with Gasteiger partial charge in [-0.15, -0.1) is 11.3 Å². The van der Waals surface area contributed by atoms with Crippen LogP contribution in [0.2, 0.25) is 10.0 Å². The van der Waals surface area contributed by atoms with E-state index < -0.39 is 18.4 Å². The van der Waals surface area contributed by atoms with Crippen LogP contribution in [0.1, 0.15) is 20.7 Å².